The summed E-state index contributed by atoms with van der Waals surface area (Å²) in [6.45, 7) is 0. The van der Waals surface area contributed by atoms with E-state index >= 15 is 0 Å². The van der Waals surface area contributed by atoms with E-state index in [1.165, 1.54) is 6.07 Å². The highest BCUT2D eigenvalue weighted by Crippen LogP contribution is 2.39. The van der Waals surface area contributed by atoms with Crippen LogP contribution in [0.2, 0.25) is 4.34 Å². The number of aromatic amines is 1. The summed E-state index contributed by atoms with van der Waals surface area (Å²) in [4.78, 5) is 7.39. The number of nitrogens with one attached hydrogen (secondary N) is 2. The average molecular weight is 394 g/mol. The molecule has 0 bridgehead atoms. The van der Waals surface area contributed by atoms with E-state index in [2.05, 4.69) is 20.8 Å². The van der Waals surface area contributed by atoms with E-state index in [0.717, 1.165) is 47.4 Å². The molecule has 130 valence electrons. The molecule has 0 saturated heterocycles. The Kier molecular flexibility index (Phi) is 4.31. The fourth-order valence-electron chi connectivity index (χ4n) is 3.35. The summed E-state index contributed by atoms with van der Waals surface area (Å²) >= 11 is 6.93. The summed E-state index contributed by atoms with van der Waals surface area (Å²) in [6, 6.07) is 8.89. The number of anilines is 1. The third kappa shape index (κ3) is 3.19. The molecule has 0 amide bonds. The number of aromatic nitrogens is 2. The normalized spacial score (nSPS) is 17.2. The predicted molar refractivity (Wildman–Crippen MR) is 99.9 cm³/mol. The second-order valence-electron chi connectivity index (χ2n) is 5.98. The van der Waals surface area contributed by atoms with Crippen LogP contribution in [0.3, 0.4) is 0 Å². The number of thiophene rings is 1. The summed E-state index contributed by atoms with van der Waals surface area (Å²) in [5.41, 5.74) is 3.82. The topological polar surface area (TPSA) is 74.8 Å². The molecule has 5 nitrogen and oxygen atoms in total. The van der Waals surface area contributed by atoms with Crippen molar-refractivity contribution in [3.05, 3.63) is 64.0 Å². The summed E-state index contributed by atoms with van der Waals surface area (Å²) in [6.07, 6.45) is 6.43. The van der Waals surface area contributed by atoms with Crippen LogP contribution in [0, 0.1) is 0 Å². The minimum Gasteiger partial charge on any atom is -0.351 e. The molecule has 1 atom stereocenters. The highest BCUT2D eigenvalue weighted by molar-refractivity contribution is 7.94. The van der Waals surface area contributed by atoms with Gasteiger partial charge in [-0.25, -0.2) is 13.4 Å². The van der Waals surface area contributed by atoms with E-state index in [4.69, 9.17) is 11.6 Å². The zero-order valence-electron chi connectivity index (χ0n) is 13.2. The molecule has 2 N–H and O–H groups in total. The van der Waals surface area contributed by atoms with Crippen molar-refractivity contribution in [2.45, 2.75) is 29.4 Å². The predicted octanol–water partition coefficient (Wildman–Crippen LogP) is 4.39. The maximum atomic E-state index is 12.6. The van der Waals surface area contributed by atoms with Crippen LogP contribution in [0.25, 0.3) is 0 Å². The maximum Gasteiger partial charge on any atom is 0.271 e. The molecule has 2 heterocycles. The van der Waals surface area contributed by atoms with Gasteiger partial charge in [0.15, 0.2) is 0 Å². The SMILES string of the molecule is O=S(=O)(Nc1cccc2c1CCCC2c1c[nH]cn1)c1ccc(Cl)s1. The lowest BCUT2D eigenvalue weighted by molar-refractivity contribution is 0.600. The smallest absolute Gasteiger partial charge is 0.271 e. The van der Waals surface area contributed by atoms with Crippen molar-refractivity contribution >= 4 is 38.6 Å². The first-order valence-corrected chi connectivity index (χ1v) is 10.6. The van der Waals surface area contributed by atoms with Crippen LogP contribution in [0.15, 0.2) is 47.1 Å². The van der Waals surface area contributed by atoms with Crippen LogP contribution >= 0.6 is 22.9 Å². The number of hydrogen-bond acceptors (Lipinski definition) is 4. The molecule has 25 heavy (non-hydrogen) atoms. The number of rotatable bonds is 4. The van der Waals surface area contributed by atoms with E-state index in [-0.39, 0.29) is 10.1 Å². The van der Waals surface area contributed by atoms with Gasteiger partial charge in [0.2, 0.25) is 0 Å². The zero-order chi connectivity index (χ0) is 17.4. The van der Waals surface area contributed by atoms with Gasteiger partial charge < -0.3 is 4.98 Å². The number of hydrogen-bond donors (Lipinski definition) is 2. The van der Waals surface area contributed by atoms with Gasteiger partial charge in [-0.2, -0.15) is 0 Å². The van der Waals surface area contributed by atoms with E-state index < -0.39 is 10.0 Å². The summed E-state index contributed by atoms with van der Waals surface area (Å²) in [5.74, 6) is 0.190. The Morgan fingerprint density at radius 1 is 1.28 bits per heavy atom. The quantitative estimate of drug-likeness (QED) is 0.690. The molecular formula is C17H16ClN3O2S2. The average Bonchev–Trinajstić information content (AvgIpc) is 3.26. The molecule has 0 radical (unpaired) electrons. The van der Waals surface area contributed by atoms with Crippen LogP contribution in [0.1, 0.15) is 35.6 Å². The second-order valence-corrected chi connectivity index (χ2v) is 9.60. The molecule has 3 aromatic rings. The molecule has 1 unspecified atom stereocenters. The number of imidazole rings is 1. The summed E-state index contributed by atoms with van der Waals surface area (Å²) < 4.78 is 28.7. The van der Waals surface area contributed by atoms with Crippen molar-refractivity contribution in [3.63, 3.8) is 0 Å². The van der Waals surface area contributed by atoms with Gasteiger partial charge >= 0.3 is 0 Å². The molecule has 0 spiro atoms. The van der Waals surface area contributed by atoms with E-state index in [9.17, 15) is 8.42 Å². The highest BCUT2D eigenvalue weighted by Gasteiger charge is 2.26. The number of halogens is 1. The number of H-pyrrole nitrogens is 1. The van der Waals surface area contributed by atoms with E-state index in [1.807, 2.05) is 18.3 Å². The summed E-state index contributed by atoms with van der Waals surface area (Å²) in [7, 11) is -3.63. The summed E-state index contributed by atoms with van der Waals surface area (Å²) in [5, 5.41) is 0. The molecular weight excluding hydrogens is 378 g/mol. The lowest BCUT2D eigenvalue weighted by atomic mass is 9.80. The molecule has 8 heteroatoms. The van der Waals surface area contributed by atoms with E-state index in [1.54, 1.807) is 12.4 Å². The molecule has 1 aromatic carbocycles. The monoisotopic (exact) mass is 393 g/mol. The second kappa shape index (κ2) is 6.48. The van der Waals surface area contributed by atoms with Crippen LogP contribution < -0.4 is 4.72 Å². The molecule has 1 aliphatic rings. The number of nitrogens with zero attached hydrogens (tertiary/aromatic N) is 1. The first-order chi connectivity index (χ1) is 12.0. The van der Waals surface area contributed by atoms with Crippen LogP contribution in [-0.2, 0) is 16.4 Å². The Bertz CT molecular complexity index is 997. The number of fused-ring (bicyclic) bond motifs is 1. The Morgan fingerprint density at radius 2 is 2.16 bits per heavy atom. The number of benzene rings is 1. The van der Waals surface area contributed by atoms with Gasteiger partial charge in [0.25, 0.3) is 10.0 Å². The lowest BCUT2D eigenvalue weighted by Gasteiger charge is -2.26. The van der Waals surface area contributed by atoms with E-state index in [0.29, 0.717) is 10.0 Å². The Hall–Kier alpha value is -1.83. The van der Waals surface area contributed by atoms with Crippen molar-refractivity contribution < 1.29 is 8.42 Å². The van der Waals surface area contributed by atoms with Crippen molar-refractivity contribution in [1.29, 1.82) is 0 Å². The first-order valence-electron chi connectivity index (χ1n) is 7.93. The van der Waals surface area contributed by atoms with Gasteiger partial charge in [0, 0.05) is 12.1 Å². The fraction of sp³-hybridized carbons (Fsp3) is 0.235. The Balaban J connectivity index is 1.72. The Morgan fingerprint density at radius 3 is 2.88 bits per heavy atom. The minimum absolute atomic E-state index is 0.190. The molecule has 1 aliphatic carbocycles. The van der Waals surface area contributed by atoms with Gasteiger partial charge in [-0.1, -0.05) is 23.7 Å². The highest BCUT2D eigenvalue weighted by atomic mass is 35.5. The zero-order valence-corrected chi connectivity index (χ0v) is 15.6. The van der Waals surface area contributed by atoms with Gasteiger partial charge in [0.05, 0.1) is 22.0 Å². The van der Waals surface area contributed by atoms with Crippen molar-refractivity contribution in [2.75, 3.05) is 4.72 Å². The maximum absolute atomic E-state index is 12.6. The van der Waals surface area contributed by atoms with Gasteiger partial charge in [-0.15, -0.1) is 11.3 Å². The van der Waals surface area contributed by atoms with Crippen LogP contribution in [0.5, 0.6) is 0 Å². The molecule has 4 rings (SSSR count). The molecule has 2 aromatic heterocycles. The molecule has 0 fully saturated rings. The van der Waals surface area contributed by atoms with Crippen molar-refractivity contribution in [2.24, 2.45) is 0 Å². The Labute approximate surface area is 155 Å². The number of sulfonamides is 1. The largest absolute Gasteiger partial charge is 0.351 e. The fourth-order valence-corrected chi connectivity index (χ4v) is 5.93. The standard InChI is InChI=1S/C17H16ClN3O2S2/c18-16-7-8-17(24-16)25(22,23)21-14-6-2-3-11-12(14)4-1-5-13(11)15-9-19-10-20-15/h2-3,6-10,13,21H,1,4-5H2,(H,19,20). The third-order valence-corrected chi connectivity index (χ3v) is 7.53. The van der Waals surface area contributed by atoms with Crippen LogP contribution in [0.4, 0.5) is 5.69 Å². The molecule has 0 aliphatic heterocycles. The van der Waals surface area contributed by atoms with Crippen molar-refractivity contribution in [3.8, 4) is 0 Å². The minimum atomic E-state index is -3.63. The van der Waals surface area contributed by atoms with Gasteiger partial charge in [-0.3, -0.25) is 4.72 Å². The van der Waals surface area contributed by atoms with Gasteiger partial charge in [-0.05, 0) is 48.6 Å². The van der Waals surface area contributed by atoms with Crippen LogP contribution in [-0.4, -0.2) is 18.4 Å². The van der Waals surface area contributed by atoms with Crippen molar-refractivity contribution in [1.82, 2.24) is 9.97 Å². The third-order valence-electron chi connectivity index (χ3n) is 4.44. The van der Waals surface area contributed by atoms with Gasteiger partial charge in [0.1, 0.15) is 4.21 Å². The first kappa shape index (κ1) is 16.6. The lowest BCUT2D eigenvalue weighted by Crippen LogP contribution is -2.17. The molecule has 0 saturated carbocycles.